The minimum atomic E-state index is -4.91. The fourth-order valence-corrected chi connectivity index (χ4v) is 3.18. The van der Waals surface area contributed by atoms with Crippen molar-refractivity contribution < 1.29 is 39.5 Å². The smallest absolute Gasteiger partial charge is 0.406 e. The van der Waals surface area contributed by atoms with Gasteiger partial charge in [0.2, 0.25) is 10.0 Å². The van der Waals surface area contributed by atoms with Crippen LogP contribution in [-0.2, 0) is 10.0 Å². The minimum Gasteiger partial charge on any atom is -0.406 e. The van der Waals surface area contributed by atoms with Gasteiger partial charge in [-0.25, -0.2) is 31.4 Å². The number of sulfonamides is 1. The van der Waals surface area contributed by atoms with Crippen LogP contribution in [0.2, 0.25) is 0 Å². The molecule has 0 spiro atoms. The molecule has 0 fully saturated rings. The number of hydrogen-bond donors (Lipinski definition) is 1. The first-order chi connectivity index (χ1) is 13.8. The Labute approximate surface area is 165 Å². The Morgan fingerprint density at radius 3 is 2.17 bits per heavy atom. The van der Waals surface area contributed by atoms with Crippen LogP contribution < -0.4 is 9.88 Å². The van der Waals surface area contributed by atoms with E-state index >= 15 is 0 Å². The molecule has 1 aromatic heterocycles. The van der Waals surface area contributed by atoms with Crippen molar-refractivity contribution in [2.75, 3.05) is 0 Å². The standard InChI is InChI=1S/C17H11F6N3O3S/c18-12-7-9(1-6-15(12)30(24,27)28)14-8-13(16(19)20)25-26(14)10-2-4-11(5-3-10)29-17(21,22)23/h1-8,16H,(H2,24,27,28). The third-order valence-corrected chi connectivity index (χ3v) is 4.75. The van der Waals surface area contributed by atoms with Gasteiger partial charge in [0.1, 0.15) is 22.2 Å². The Balaban J connectivity index is 2.08. The number of aromatic nitrogens is 2. The molecule has 160 valence electrons. The van der Waals surface area contributed by atoms with Crippen LogP contribution in [0.25, 0.3) is 16.9 Å². The number of nitrogens with zero attached hydrogens (tertiary/aromatic N) is 2. The molecule has 6 nitrogen and oxygen atoms in total. The van der Waals surface area contributed by atoms with E-state index in [1.54, 1.807) is 0 Å². The van der Waals surface area contributed by atoms with Gasteiger partial charge in [-0.2, -0.15) is 5.10 Å². The molecule has 0 radical (unpaired) electrons. The molecule has 0 unspecified atom stereocenters. The SMILES string of the molecule is NS(=O)(=O)c1ccc(-c2cc(C(F)F)nn2-c2ccc(OC(F)(F)F)cc2)cc1F. The molecule has 0 amide bonds. The van der Waals surface area contributed by atoms with E-state index in [4.69, 9.17) is 5.14 Å². The molecule has 0 aliphatic rings. The Morgan fingerprint density at radius 2 is 1.67 bits per heavy atom. The molecule has 2 aromatic carbocycles. The monoisotopic (exact) mass is 451 g/mol. The van der Waals surface area contributed by atoms with E-state index in [9.17, 15) is 34.8 Å². The summed E-state index contributed by atoms with van der Waals surface area (Å²) in [5, 5.41) is 8.59. The zero-order valence-electron chi connectivity index (χ0n) is 14.6. The fourth-order valence-electron chi connectivity index (χ4n) is 2.59. The van der Waals surface area contributed by atoms with Crippen molar-refractivity contribution in [2.45, 2.75) is 17.7 Å². The highest BCUT2D eigenvalue weighted by molar-refractivity contribution is 7.89. The van der Waals surface area contributed by atoms with Crippen LogP contribution in [-0.4, -0.2) is 24.6 Å². The predicted octanol–water partition coefficient (Wildman–Crippen LogP) is 4.16. The quantitative estimate of drug-likeness (QED) is 0.590. The van der Waals surface area contributed by atoms with Crippen LogP contribution >= 0.6 is 0 Å². The minimum absolute atomic E-state index is 0.0186. The number of alkyl halides is 5. The molecule has 0 atom stereocenters. The maximum atomic E-state index is 14.2. The van der Waals surface area contributed by atoms with E-state index in [1.165, 1.54) is 0 Å². The largest absolute Gasteiger partial charge is 0.573 e. The van der Waals surface area contributed by atoms with Gasteiger partial charge in [-0.15, -0.1) is 13.2 Å². The first-order valence-corrected chi connectivity index (χ1v) is 9.47. The molecule has 0 aliphatic carbocycles. The van der Waals surface area contributed by atoms with Crippen molar-refractivity contribution in [1.82, 2.24) is 9.78 Å². The number of benzene rings is 2. The molecular formula is C17H11F6N3O3S. The maximum Gasteiger partial charge on any atom is 0.573 e. The molecule has 0 saturated carbocycles. The van der Waals surface area contributed by atoms with Gasteiger partial charge in [-0.3, -0.25) is 0 Å². The summed E-state index contributed by atoms with van der Waals surface area (Å²) < 4.78 is 105. The van der Waals surface area contributed by atoms with Crippen molar-refractivity contribution in [1.29, 1.82) is 0 Å². The number of primary sulfonamides is 1. The van der Waals surface area contributed by atoms with Gasteiger partial charge in [0.25, 0.3) is 6.43 Å². The molecular weight excluding hydrogens is 440 g/mol. The number of rotatable bonds is 5. The summed E-state index contributed by atoms with van der Waals surface area (Å²) in [6.07, 6.45) is -7.91. The number of halogens is 6. The van der Waals surface area contributed by atoms with E-state index in [0.29, 0.717) is 0 Å². The van der Waals surface area contributed by atoms with E-state index in [0.717, 1.165) is 53.2 Å². The second kappa shape index (κ2) is 7.65. The lowest BCUT2D eigenvalue weighted by atomic mass is 10.1. The zero-order valence-corrected chi connectivity index (χ0v) is 15.4. The third-order valence-electron chi connectivity index (χ3n) is 3.80. The van der Waals surface area contributed by atoms with Crippen molar-refractivity contribution >= 4 is 10.0 Å². The normalized spacial score (nSPS) is 12.4. The van der Waals surface area contributed by atoms with Crippen molar-refractivity contribution in [2.24, 2.45) is 5.14 Å². The van der Waals surface area contributed by atoms with Gasteiger partial charge >= 0.3 is 6.36 Å². The van der Waals surface area contributed by atoms with Crippen molar-refractivity contribution in [3.05, 3.63) is 60.0 Å². The Hall–Kier alpha value is -3.06. The highest BCUT2D eigenvalue weighted by Gasteiger charge is 2.31. The predicted molar refractivity (Wildman–Crippen MR) is 92.0 cm³/mol. The van der Waals surface area contributed by atoms with Gasteiger partial charge in [0.15, 0.2) is 0 Å². The molecule has 1 heterocycles. The van der Waals surface area contributed by atoms with Gasteiger partial charge < -0.3 is 4.74 Å². The van der Waals surface area contributed by atoms with Crippen molar-refractivity contribution in [3.63, 3.8) is 0 Å². The summed E-state index contributed by atoms with van der Waals surface area (Å²) in [4.78, 5) is -0.792. The number of hydrogen-bond acceptors (Lipinski definition) is 4. The van der Waals surface area contributed by atoms with Gasteiger partial charge in [-0.1, -0.05) is 6.07 Å². The average Bonchev–Trinajstić information content (AvgIpc) is 3.05. The van der Waals surface area contributed by atoms with Crippen LogP contribution in [0.3, 0.4) is 0 Å². The molecule has 0 saturated heterocycles. The summed E-state index contributed by atoms with van der Waals surface area (Å²) in [6.45, 7) is 0. The van der Waals surface area contributed by atoms with Crippen LogP contribution in [0.15, 0.2) is 53.4 Å². The summed E-state index contributed by atoms with van der Waals surface area (Å²) in [6, 6.07) is 7.85. The lowest BCUT2D eigenvalue weighted by molar-refractivity contribution is -0.274. The van der Waals surface area contributed by atoms with E-state index in [-0.39, 0.29) is 16.9 Å². The van der Waals surface area contributed by atoms with Crippen LogP contribution in [0, 0.1) is 5.82 Å². The third kappa shape index (κ3) is 4.74. The van der Waals surface area contributed by atoms with Gasteiger partial charge in [0, 0.05) is 5.56 Å². The molecule has 13 heteroatoms. The molecule has 2 N–H and O–H groups in total. The lowest BCUT2D eigenvalue weighted by Crippen LogP contribution is -2.17. The average molecular weight is 451 g/mol. The highest BCUT2D eigenvalue weighted by atomic mass is 32.2. The number of nitrogens with two attached hydrogens (primary N) is 1. The molecule has 3 aromatic rings. The van der Waals surface area contributed by atoms with Crippen LogP contribution in [0.1, 0.15) is 12.1 Å². The van der Waals surface area contributed by atoms with Gasteiger partial charge in [-0.05, 0) is 42.5 Å². The molecule has 0 bridgehead atoms. The second-order valence-electron chi connectivity index (χ2n) is 5.90. The summed E-state index contributed by atoms with van der Waals surface area (Å²) in [5.41, 5.74) is -0.691. The molecule has 30 heavy (non-hydrogen) atoms. The summed E-state index contributed by atoms with van der Waals surface area (Å²) in [7, 11) is -4.35. The highest BCUT2D eigenvalue weighted by Crippen LogP contribution is 2.31. The Kier molecular flexibility index (Phi) is 5.52. The van der Waals surface area contributed by atoms with Crippen LogP contribution in [0.5, 0.6) is 5.75 Å². The second-order valence-corrected chi connectivity index (χ2v) is 7.43. The van der Waals surface area contributed by atoms with E-state index < -0.39 is 45.0 Å². The zero-order chi connectivity index (χ0) is 22.3. The first-order valence-electron chi connectivity index (χ1n) is 7.92. The Bertz CT molecular complexity index is 1170. The van der Waals surface area contributed by atoms with Crippen LogP contribution in [0.4, 0.5) is 26.3 Å². The molecule has 0 aliphatic heterocycles. The van der Waals surface area contributed by atoms with Crippen molar-refractivity contribution in [3.8, 4) is 22.7 Å². The first kappa shape index (κ1) is 21.6. The molecule has 3 rings (SSSR count). The lowest BCUT2D eigenvalue weighted by Gasteiger charge is -2.11. The van der Waals surface area contributed by atoms with E-state index in [1.807, 2.05) is 0 Å². The van der Waals surface area contributed by atoms with E-state index in [2.05, 4.69) is 9.84 Å². The topological polar surface area (TPSA) is 87.2 Å². The Morgan fingerprint density at radius 1 is 1.03 bits per heavy atom. The van der Waals surface area contributed by atoms with Gasteiger partial charge in [0.05, 0.1) is 11.4 Å². The number of ether oxygens (including phenoxy) is 1. The fraction of sp³-hybridized carbons (Fsp3) is 0.118. The summed E-state index contributed by atoms with van der Waals surface area (Å²) >= 11 is 0. The maximum absolute atomic E-state index is 14.2. The summed E-state index contributed by atoms with van der Waals surface area (Å²) in [5.74, 6) is -1.76.